The lowest BCUT2D eigenvalue weighted by molar-refractivity contribution is -0.113. The fraction of sp³-hybridized carbons (Fsp3) is 0.133. The molecule has 4 heteroatoms. The van der Waals surface area contributed by atoms with Crippen molar-refractivity contribution in [3.8, 4) is 0 Å². The van der Waals surface area contributed by atoms with E-state index in [2.05, 4.69) is 5.32 Å². The van der Waals surface area contributed by atoms with Crippen molar-refractivity contribution in [2.24, 2.45) is 0 Å². The number of hydrogen-bond donors (Lipinski definition) is 1. The SMILES string of the molecule is Cc1ccc(NC(=O)CSc2ccccc2)cc1Cl. The Morgan fingerprint density at radius 3 is 2.63 bits per heavy atom. The van der Waals surface area contributed by atoms with Crippen molar-refractivity contribution < 1.29 is 4.79 Å². The largest absolute Gasteiger partial charge is 0.325 e. The number of benzene rings is 2. The van der Waals surface area contributed by atoms with E-state index in [9.17, 15) is 4.79 Å². The molecule has 2 aromatic rings. The molecular weight excluding hydrogens is 278 g/mol. The van der Waals surface area contributed by atoms with Gasteiger partial charge in [-0.15, -0.1) is 11.8 Å². The van der Waals surface area contributed by atoms with Crippen LogP contribution in [0.4, 0.5) is 5.69 Å². The predicted octanol–water partition coefficient (Wildman–Crippen LogP) is 4.38. The van der Waals surface area contributed by atoms with Gasteiger partial charge < -0.3 is 5.32 Å². The average Bonchev–Trinajstić information content (AvgIpc) is 2.42. The normalized spacial score (nSPS) is 10.2. The number of halogens is 1. The zero-order valence-corrected chi connectivity index (χ0v) is 12.1. The Morgan fingerprint density at radius 2 is 1.95 bits per heavy atom. The smallest absolute Gasteiger partial charge is 0.234 e. The molecule has 0 heterocycles. The summed E-state index contributed by atoms with van der Waals surface area (Å²) in [6.07, 6.45) is 0. The van der Waals surface area contributed by atoms with E-state index in [4.69, 9.17) is 11.6 Å². The van der Waals surface area contributed by atoms with Gasteiger partial charge in [0.25, 0.3) is 0 Å². The van der Waals surface area contributed by atoms with Gasteiger partial charge in [0.05, 0.1) is 5.75 Å². The van der Waals surface area contributed by atoms with Crippen molar-refractivity contribution in [1.29, 1.82) is 0 Å². The Balaban J connectivity index is 1.89. The van der Waals surface area contributed by atoms with E-state index in [0.717, 1.165) is 16.1 Å². The van der Waals surface area contributed by atoms with Crippen LogP contribution in [-0.4, -0.2) is 11.7 Å². The van der Waals surface area contributed by atoms with Crippen molar-refractivity contribution in [2.45, 2.75) is 11.8 Å². The molecule has 0 fully saturated rings. The van der Waals surface area contributed by atoms with Crippen molar-refractivity contribution in [3.63, 3.8) is 0 Å². The number of rotatable bonds is 4. The van der Waals surface area contributed by atoms with Gasteiger partial charge in [-0.1, -0.05) is 35.9 Å². The highest BCUT2D eigenvalue weighted by molar-refractivity contribution is 8.00. The fourth-order valence-electron chi connectivity index (χ4n) is 1.53. The molecule has 0 unspecified atom stereocenters. The molecule has 0 saturated heterocycles. The third-order valence-corrected chi connectivity index (χ3v) is 3.99. The van der Waals surface area contributed by atoms with Crippen LogP contribution in [0.2, 0.25) is 5.02 Å². The van der Waals surface area contributed by atoms with Crippen molar-refractivity contribution in [2.75, 3.05) is 11.1 Å². The van der Waals surface area contributed by atoms with Crippen LogP contribution in [0.15, 0.2) is 53.4 Å². The summed E-state index contributed by atoms with van der Waals surface area (Å²) in [5.41, 5.74) is 1.73. The fourth-order valence-corrected chi connectivity index (χ4v) is 2.43. The molecule has 2 aromatic carbocycles. The van der Waals surface area contributed by atoms with Crippen LogP contribution in [0.5, 0.6) is 0 Å². The van der Waals surface area contributed by atoms with E-state index in [1.54, 1.807) is 6.07 Å². The highest BCUT2D eigenvalue weighted by atomic mass is 35.5. The van der Waals surface area contributed by atoms with Crippen LogP contribution in [0.1, 0.15) is 5.56 Å². The highest BCUT2D eigenvalue weighted by Crippen LogP contribution is 2.21. The van der Waals surface area contributed by atoms with Gasteiger partial charge in [0.15, 0.2) is 0 Å². The molecule has 0 atom stereocenters. The summed E-state index contributed by atoms with van der Waals surface area (Å²) in [6, 6.07) is 15.4. The van der Waals surface area contributed by atoms with Crippen LogP contribution in [-0.2, 0) is 4.79 Å². The topological polar surface area (TPSA) is 29.1 Å². The lowest BCUT2D eigenvalue weighted by atomic mass is 10.2. The molecule has 19 heavy (non-hydrogen) atoms. The number of carbonyl (C=O) groups excluding carboxylic acids is 1. The molecule has 0 aliphatic heterocycles. The Morgan fingerprint density at radius 1 is 1.21 bits per heavy atom. The Hall–Kier alpha value is -1.45. The summed E-state index contributed by atoms with van der Waals surface area (Å²) in [7, 11) is 0. The van der Waals surface area contributed by atoms with Gasteiger partial charge in [-0.05, 0) is 36.8 Å². The minimum absolute atomic E-state index is 0.0335. The van der Waals surface area contributed by atoms with Crippen molar-refractivity contribution in [1.82, 2.24) is 0 Å². The summed E-state index contributed by atoms with van der Waals surface area (Å²) in [4.78, 5) is 12.9. The van der Waals surface area contributed by atoms with Gasteiger partial charge in [-0.3, -0.25) is 4.79 Å². The van der Waals surface area contributed by atoms with E-state index in [1.807, 2.05) is 49.4 Å². The maximum absolute atomic E-state index is 11.8. The van der Waals surface area contributed by atoms with E-state index in [1.165, 1.54) is 11.8 Å². The standard InChI is InChI=1S/C15H14ClNOS/c1-11-7-8-12(9-14(11)16)17-15(18)10-19-13-5-3-2-4-6-13/h2-9H,10H2,1H3,(H,17,18). The van der Waals surface area contributed by atoms with Gasteiger partial charge >= 0.3 is 0 Å². The minimum Gasteiger partial charge on any atom is -0.325 e. The average molecular weight is 292 g/mol. The zero-order valence-electron chi connectivity index (χ0n) is 10.5. The second-order valence-electron chi connectivity index (χ2n) is 4.11. The monoisotopic (exact) mass is 291 g/mol. The predicted molar refractivity (Wildman–Crippen MR) is 82.0 cm³/mol. The number of amides is 1. The quantitative estimate of drug-likeness (QED) is 0.847. The van der Waals surface area contributed by atoms with Gasteiger partial charge in [0, 0.05) is 15.6 Å². The first-order valence-electron chi connectivity index (χ1n) is 5.89. The molecule has 2 nitrogen and oxygen atoms in total. The lowest BCUT2D eigenvalue weighted by Crippen LogP contribution is -2.13. The number of nitrogens with one attached hydrogen (secondary N) is 1. The summed E-state index contributed by atoms with van der Waals surface area (Å²) >= 11 is 7.52. The van der Waals surface area contributed by atoms with Crippen LogP contribution in [0, 0.1) is 6.92 Å². The van der Waals surface area contributed by atoms with E-state index < -0.39 is 0 Å². The number of aryl methyl sites for hydroxylation is 1. The Bertz CT molecular complexity index is 572. The molecule has 1 N–H and O–H groups in total. The van der Waals surface area contributed by atoms with Crippen LogP contribution >= 0.6 is 23.4 Å². The molecule has 0 bridgehead atoms. The van der Waals surface area contributed by atoms with Crippen molar-refractivity contribution >= 4 is 35.0 Å². The van der Waals surface area contributed by atoms with Gasteiger partial charge in [-0.2, -0.15) is 0 Å². The van der Waals surface area contributed by atoms with E-state index >= 15 is 0 Å². The molecule has 0 aromatic heterocycles. The molecule has 98 valence electrons. The number of anilines is 1. The molecule has 0 spiro atoms. The van der Waals surface area contributed by atoms with Gasteiger partial charge in [-0.25, -0.2) is 0 Å². The maximum Gasteiger partial charge on any atom is 0.234 e. The summed E-state index contributed by atoms with van der Waals surface area (Å²) in [5, 5.41) is 3.50. The van der Waals surface area contributed by atoms with Gasteiger partial charge in [0.1, 0.15) is 0 Å². The molecular formula is C15H14ClNOS. The first-order chi connectivity index (χ1) is 9.15. The third-order valence-electron chi connectivity index (χ3n) is 2.57. The van der Waals surface area contributed by atoms with Crippen LogP contribution in [0.25, 0.3) is 0 Å². The first-order valence-corrected chi connectivity index (χ1v) is 7.25. The molecule has 0 radical (unpaired) electrons. The van der Waals surface area contributed by atoms with Gasteiger partial charge in [0.2, 0.25) is 5.91 Å². The molecule has 1 amide bonds. The third kappa shape index (κ3) is 4.30. The number of hydrogen-bond acceptors (Lipinski definition) is 2. The Kier molecular flexibility index (Phi) is 4.88. The van der Waals surface area contributed by atoms with E-state index in [0.29, 0.717) is 10.8 Å². The second-order valence-corrected chi connectivity index (χ2v) is 5.57. The molecule has 0 aliphatic rings. The van der Waals surface area contributed by atoms with E-state index in [-0.39, 0.29) is 5.91 Å². The second kappa shape index (κ2) is 6.64. The number of carbonyl (C=O) groups is 1. The lowest BCUT2D eigenvalue weighted by Gasteiger charge is -2.06. The molecule has 0 saturated carbocycles. The van der Waals surface area contributed by atoms with Crippen molar-refractivity contribution in [3.05, 3.63) is 59.1 Å². The summed E-state index contributed by atoms with van der Waals surface area (Å²) < 4.78 is 0. The first kappa shape index (κ1) is 14.0. The summed E-state index contributed by atoms with van der Waals surface area (Å²) in [5.74, 6) is 0.351. The zero-order chi connectivity index (χ0) is 13.7. The summed E-state index contributed by atoms with van der Waals surface area (Å²) in [6.45, 7) is 1.93. The molecule has 2 rings (SSSR count). The number of thioether (sulfide) groups is 1. The molecule has 0 aliphatic carbocycles. The highest BCUT2D eigenvalue weighted by Gasteiger charge is 2.04. The van der Waals surface area contributed by atoms with Crippen LogP contribution in [0.3, 0.4) is 0 Å². The van der Waals surface area contributed by atoms with Crippen LogP contribution < -0.4 is 5.32 Å². The Labute approximate surface area is 122 Å². The minimum atomic E-state index is -0.0335. The maximum atomic E-state index is 11.8.